The molecule has 0 amide bonds. The van der Waals surface area contributed by atoms with E-state index in [0.29, 0.717) is 5.82 Å². The highest BCUT2D eigenvalue weighted by molar-refractivity contribution is 8.07. The molecule has 3 fully saturated rings. The fraction of sp³-hybridized carbons (Fsp3) is 0.522. The lowest BCUT2D eigenvalue weighted by molar-refractivity contribution is -0.0634. The van der Waals surface area contributed by atoms with E-state index in [0.717, 1.165) is 0 Å². The van der Waals surface area contributed by atoms with Crippen LogP contribution in [-0.2, 0) is 43.9 Å². The molecule has 4 aromatic rings. The Morgan fingerprint density at radius 3 is 2.58 bits per heavy atom. The van der Waals surface area contributed by atoms with Gasteiger partial charge in [-0.15, -0.1) is 0 Å². The van der Waals surface area contributed by atoms with Gasteiger partial charge in [0.2, 0.25) is 5.95 Å². The monoisotopic (exact) mass is 733 g/mol. The highest BCUT2D eigenvalue weighted by Crippen LogP contribution is 2.54. The SMILES string of the molecule is Nc1nc2c(ccn2[C@@H]2O[C@@H]3COP(=O)(O)OC4[C@@H](COP(O)(=S)O[C@H]2C3O)O[C@@H](n2cnc3c(NCCO)ncnc32)[C@H]4O)c(=O)[nH]1. The van der Waals surface area contributed by atoms with Crippen LogP contribution in [0.4, 0.5) is 11.8 Å². The maximum atomic E-state index is 13.2. The van der Waals surface area contributed by atoms with Gasteiger partial charge in [0, 0.05) is 12.7 Å². The van der Waals surface area contributed by atoms with Crippen molar-refractivity contribution >= 4 is 60.3 Å². The van der Waals surface area contributed by atoms with Gasteiger partial charge in [0.25, 0.3) is 5.56 Å². The van der Waals surface area contributed by atoms with Crippen LogP contribution in [0.5, 0.6) is 0 Å². The van der Waals surface area contributed by atoms with E-state index < -0.39 is 82.4 Å². The van der Waals surface area contributed by atoms with Crippen LogP contribution >= 0.6 is 14.5 Å². The summed E-state index contributed by atoms with van der Waals surface area (Å²) in [6.07, 6.45) is -7.75. The summed E-state index contributed by atoms with van der Waals surface area (Å²) in [4.78, 5) is 53.3. The van der Waals surface area contributed by atoms with Gasteiger partial charge in [-0.1, -0.05) is 0 Å². The third-order valence-electron chi connectivity index (χ3n) is 7.85. The minimum atomic E-state index is -5.03. The number of aromatic amines is 1. The van der Waals surface area contributed by atoms with Crippen molar-refractivity contribution in [2.24, 2.45) is 0 Å². The number of hydrogen-bond donors (Lipinski definition) is 8. The molecule has 0 spiro atoms. The lowest BCUT2D eigenvalue weighted by Crippen LogP contribution is -2.36. The summed E-state index contributed by atoms with van der Waals surface area (Å²) in [6, 6.07) is 1.41. The van der Waals surface area contributed by atoms with Gasteiger partial charge in [-0.05, 0) is 17.9 Å². The van der Waals surface area contributed by atoms with Crippen molar-refractivity contribution in [1.82, 2.24) is 34.1 Å². The normalized spacial score (nSPS) is 36.0. The molecule has 0 saturated carbocycles. The first-order chi connectivity index (χ1) is 22.9. The van der Waals surface area contributed by atoms with E-state index in [1.807, 2.05) is 0 Å². The van der Waals surface area contributed by atoms with E-state index in [-0.39, 0.29) is 41.3 Å². The number of aromatic nitrogens is 7. The molecule has 9 N–H and O–H groups in total. The number of nitrogens with zero attached hydrogens (tertiary/aromatic N) is 6. The second-order valence-corrected chi connectivity index (χ2v) is 15.1. The van der Waals surface area contributed by atoms with Crippen LogP contribution < -0.4 is 16.6 Å². The Balaban J connectivity index is 1.19. The van der Waals surface area contributed by atoms with Gasteiger partial charge in [-0.25, -0.2) is 19.5 Å². The molecule has 4 unspecified atom stereocenters. The molecule has 2 bridgehead atoms. The molecular formula is C23H29N9O13P2S. The number of H-pyrrole nitrogens is 1. The van der Waals surface area contributed by atoms with Gasteiger partial charge in [0.15, 0.2) is 35.1 Å². The number of aliphatic hydroxyl groups is 3. The van der Waals surface area contributed by atoms with Crippen molar-refractivity contribution in [2.75, 3.05) is 37.4 Å². The Labute approximate surface area is 273 Å². The number of hydrogen-bond acceptors (Lipinski definition) is 18. The lowest BCUT2D eigenvalue weighted by Gasteiger charge is -2.27. The number of phosphoric ester groups is 1. The first-order valence-electron chi connectivity index (χ1n) is 14.2. The van der Waals surface area contributed by atoms with E-state index in [1.165, 1.54) is 34.1 Å². The molecule has 3 aliphatic heterocycles. The van der Waals surface area contributed by atoms with Crippen molar-refractivity contribution in [3.05, 3.63) is 35.3 Å². The van der Waals surface area contributed by atoms with E-state index >= 15 is 0 Å². The van der Waals surface area contributed by atoms with Gasteiger partial charge in [-0.2, -0.15) is 4.98 Å². The van der Waals surface area contributed by atoms with Crippen molar-refractivity contribution in [3.63, 3.8) is 0 Å². The van der Waals surface area contributed by atoms with Crippen molar-refractivity contribution < 1.29 is 57.2 Å². The zero-order chi connectivity index (χ0) is 34.0. The number of rotatable bonds is 5. The third-order valence-corrected chi connectivity index (χ3v) is 10.4. The summed E-state index contributed by atoms with van der Waals surface area (Å²) in [5.74, 6) is 0.0890. The standard InChI is InChI=1S/C23H29N9O13P2S/c24-23-29-18-9(20(36)30-23)1-3-31(18)22-16-13(34)10(42-22)5-40-46(37,38)44-15-11(6-41-47(39,48)45-16)43-21(14(15)35)32-8-28-12-17(25-2-4-33)26-7-27-19(12)32/h1,3,7-8,10-11,13-16,21-22,33-35H,2,4-6H2,(H,37,38)(H,39,48)(H,25,26,27)(H3,24,29,30,36)/t10-,11-,13?,14+,15?,16+,21-,22-,47?/m1/s1. The summed E-state index contributed by atoms with van der Waals surface area (Å²) in [7, 11) is -5.03. The van der Waals surface area contributed by atoms with Crippen LogP contribution in [0.25, 0.3) is 22.2 Å². The molecule has 3 aliphatic rings. The molecular weight excluding hydrogens is 704 g/mol. The number of phosphoric acid groups is 1. The first kappa shape index (κ1) is 33.5. The molecule has 0 radical (unpaired) electrons. The topological polar surface area (TPSA) is 306 Å². The average Bonchev–Trinajstić information content (AvgIpc) is 3.79. The summed E-state index contributed by atoms with van der Waals surface area (Å²) >= 11 is 5.25. The Kier molecular flexibility index (Phi) is 8.88. The van der Waals surface area contributed by atoms with Gasteiger partial charge < -0.3 is 54.7 Å². The number of imidazole rings is 1. The maximum Gasteiger partial charge on any atom is 0.472 e. The fourth-order valence-electron chi connectivity index (χ4n) is 5.72. The van der Waals surface area contributed by atoms with Gasteiger partial charge in [-0.3, -0.25) is 27.9 Å². The van der Waals surface area contributed by atoms with Gasteiger partial charge in [0.05, 0.1) is 31.5 Å². The van der Waals surface area contributed by atoms with Crippen LogP contribution in [0.2, 0.25) is 0 Å². The molecule has 7 heterocycles. The predicted octanol–water partition coefficient (Wildman–Crippen LogP) is -1.80. The quantitative estimate of drug-likeness (QED) is 0.105. The lowest BCUT2D eigenvalue weighted by atomic mass is 10.1. The number of nitrogen functional groups attached to an aromatic ring is 1. The van der Waals surface area contributed by atoms with Gasteiger partial charge in [0.1, 0.15) is 43.0 Å². The number of anilines is 2. The molecule has 260 valence electrons. The zero-order valence-corrected chi connectivity index (χ0v) is 26.9. The second kappa shape index (κ2) is 12.7. The summed E-state index contributed by atoms with van der Waals surface area (Å²) in [5, 5.41) is 34.6. The van der Waals surface area contributed by atoms with E-state index in [1.54, 1.807) is 0 Å². The second-order valence-electron chi connectivity index (χ2n) is 10.9. The molecule has 7 rings (SSSR count). The molecule has 48 heavy (non-hydrogen) atoms. The van der Waals surface area contributed by atoms with Crippen LogP contribution in [0, 0.1) is 0 Å². The van der Waals surface area contributed by atoms with Crippen LogP contribution in [0.1, 0.15) is 12.5 Å². The molecule has 3 saturated heterocycles. The Morgan fingerprint density at radius 1 is 1.02 bits per heavy atom. The van der Waals surface area contributed by atoms with Crippen molar-refractivity contribution in [1.29, 1.82) is 0 Å². The molecule has 25 heteroatoms. The number of nitrogens with two attached hydrogens (primary N) is 1. The number of nitrogens with one attached hydrogen (secondary N) is 2. The number of aliphatic hydroxyl groups excluding tert-OH is 3. The largest absolute Gasteiger partial charge is 0.472 e. The van der Waals surface area contributed by atoms with E-state index in [4.69, 9.17) is 45.1 Å². The number of ether oxygens (including phenoxy) is 2. The predicted molar refractivity (Wildman–Crippen MR) is 163 cm³/mol. The summed E-state index contributed by atoms with van der Waals surface area (Å²) in [5.41, 5.74) is 5.70. The minimum Gasteiger partial charge on any atom is -0.395 e. The van der Waals surface area contributed by atoms with E-state index in [9.17, 15) is 34.5 Å². The van der Waals surface area contributed by atoms with Crippen LogP contribution in [-0.4, -0.2) is 122 Å². The third kappa shape index (κ3) is 6.16. The van der Waals surface area contributed by atoms with Crippen LogP contribution in [0.3, 0.4) is 0 Å². The minimum absolute atomic E-state index is 0.0453. The highest BCUT2D eigenvalue weighted by atomic mass is 32.5. The first-order valence-corrected chi connectivity index (χ1v) is 18.3. The maximum absolute atomic E-state index is 13.2. The Bertz CT molecular complexity index is 2000. The highest BCUT2D eigenvalue weighted by Gasteiger charge is 2.53. The van der Waals surface area contributed by atoms with E-state index in [2.05, 4.69) is 30.2 Å². The van der Waals surface area contributed by atoms with Crippen molar-refractivity contribution in [2.45, 2.75) is 49.1 Å². The molecule has 0 aliphatic carbocycles. The molecule has 4 aromatic heterocycles. The Morgan fingerprint density at radius 2 is 1.79 bits per heavy atom. The zero-order valence-electron chi connectivity index (χ0n) is 24.3. The molecule has 10 atom stereocenters. The summed E-state index contributed by atoms with van der Waals surface area (Å²) < 4.78 is 49.6. The molecule has 0 aromatic carbocycles. The Hall–Kier alpha value is -2.99. The van der Waals surface area contributed by atoms with Crippen molar-refractivity contribution in [3.8, 4) is 0 Å². The van der Waals surface area contributed by atoms with Crippen LogP contribution in [0.15, 0.2) is 29.7 Å². The molecule has 22 nitrogen and oxygen atoms in total. The summed E-state index contributed by atoms with van der Waals surface area (Å²) in [6.45, 7) is -5.65. The van der Waals surface area contributed by atoms with Gasteiger partial charge >= 0.3 is 14.5 Å². The fourth-order valence-corrected chi connectivity index (χ4v) is 8.10. The average molecular weight is 734 g/mol. The smallest absolute Gasteiger partial charge is 0.395 e. The number of fused-ring (bicyclic) bond motifs is 5.